The van der Waals surface area contributed by atoms with Crippen LogP contribution in [0.5, 0.6) is 0 Å². The quantitative estimate of drug-likeness (QED) is 0.616. The van der Waals surface area contributed by atoms with E-state index in [1.165, 1.54) is 0 Å². The third kappa shape index (κ3) is 3.27. The highest BCUT2D eigenvalue weighted by molar-refractivity contribution is 5.86. The molecule has 0 saturated carbocycles. The lowest BCUT2D eigenvalue weighted by molar-refractivity contribution is 0.0977. The number of carbonyl (C=O) groups excluding carboxylic acids is 1. The van der Waals surface area contributed by atoms with Gasteiger partial charge in [0.05, 0.1) is 12.9 Å². The molecule has 3 aromatic rings. The fourth-order valence-electron chi connectivity index (χ4n) is 5.41. The summed E-state index contributed by atoms with van der Waals surface area (Å²) in [6.45, 7) is 5.43. The maximum Gasteiger partial charge on any atom is 0.338 e. The Hall–Kier alpha value is -3.21. The Bertz CT molecular complexity index is 1220. The number of H-pyrrole nitrogens is 2. The summed E-state index contributed by atoms with van der Waals surface area (Å²) in [6.07, 6.45) is 9.14. The van der Waals surface area contributed by atoms with Gasteiger partial charge in [0.1, 0.15) is 5.82 Å². The van der Waals surface area contributed by atoms with E-state index in [4.69, 9.17) is 0 Å². The van der Waals surface area contributed by atoms with Crippen LogP contribution in [0.25, 0.3) is 11.2 Å². The zero-order chi connectivity index (χ0) is 22.4. The van der Waals surface area contributed by atoms with E-state index in [1.54, 1.807) is 17.4 Å². The Kier molecular flexibility index (Phi) is 5.20. The molecule has 170 valence electrons. The van der Waals surface area contributed by atoms with Crippen LogP contribution < -0.4 is 11.2 Å². The summed E-state index contributed by atoms with van der Waals surface area (Å²) in [5, 5.41) is 0. The smallest absolute Gasteiger partial charge is 0.338 e. The molecule has 2 aliphatic heterocycles. The van der Waals surface area contributed by atoms with Gasteiger partial charge in [-0.3, -0.25) is 14.7 Å². The van der Waals surface area contributed by atoms with Gasteiger partial charge in [-0.15, -0.1) is 0 Å². The number of hydrogen-bond acceptors (Lipinski definition) is 6. The molecular formula is C21H28N8O3. The molecule has 5 rings (SSSR count). The Morgan fingerprint density at radius 3 is 2.47 bits per heavy atom. The molecule has 32 heavy (non-hydrogen) atoms. The molecule has 0 aliphatic carbocycles. The van der Waals surface area contributed by atoms with E-state index in [9.17, 15) is 14.4 Å². The fraction of sp³-hybridized carbons (Fsp3) is 0.571. The molecule has 2 N–H and O–H groups in total. The van der Waals surface area contributed by atoms with Crippen molar-refractivity contribution in [3.8, 4) is 0 Å². The molecule has 0 radical (unpaired) electrons. The van der Waals surface area contributed by atoms with E-state index in [1.807, 2.05) is 24.6 Å². The van der Waals surface area contributed by atoms with Crippen LogP contribution in [-0.4, -0.2) is 70.1 Å². The lowest BCUT2D eigenvalue weighted by Gasteiger charge is -2.39. The number of nitrogens with one attached hydrogen (secondary N) is 2. The highest BCUT2D eigenvalue weighted by Crippen LogP contribution is 2.42. The predicted molar refractivity (Wildman–Crippen MR) is 118 cm³/mol. The number of aromatic nitrogens is 6. The van der Waals surface area contributed by atoms with Gasteiger partial charge in [0.2, 0.25) is 0 Å². The second kappa shape index (κ2) is 8.05. The van der Waals surface area contributed by atoms with Crippen molar-refractivity contribution in [2.75, 3.05) is 13.1 Å². The van der Waals surface area contributed by atoms with Crippen LogP contribution in [0.4, 0.5) is 4.79 Å². The number of nitrogens with zero attached hydrogens (tertiary/aromatic N) is 6. The van der Waals surface area contributed by atoms with Crippen molar-refractivity contribution < 1.29 is 4.79 Å². The number of aromatic amines is 2. The second-order valence-corrected chi connectivity index (χ2v) is 8.59. The van der Waals surface area contributed by atoms with Crippen LogP contribution in [0, 0.1) is 0 Å². The molecule has 5 heterocycles. The van der Waals surface area contributed by atoms with Crippen molar-refractivity contribution >= 4 is 17.2 Å². The van der Waals surface area contributed by atoms with Crippen LogP contribution in [0.15, 0.2) is 28.3 Å². The van der Waals surface area contributed by atoms with Crippen LogP contribution in [0.1, 0.15) is 51.4 Å². The average Bonchev–Trinajstić information content (AvgIpc) is 3.49. The first-order valence-corrected chi connectivity index (χ1v) is 11.3. The van der Waals surface area contributed by atoms with Crippen molar-refractivity contribution in [1.82, 2.24) is 38.9 Å². The molecule has 2 fully saturated rings. The Labute approximate surface area is 184 Å². The van der Waals surface area contributed by atoms with Crippen molar-refractivity contribution in [3.05, 3.63) is 45.4 Å². The summed E-state index contributed by atoms with van der Waals surface area (Å²) in [4.78, 5) is 56.5. The second-order valence-electron chi connectivity index (χ2n) is 8.59. The van der Waals surface area contributed by atoms with Gasteiger partial charge in [0, 0.05) is 43.6 Å². The minimum Gasteiger partial charge on any atom is -0.348 e. The SMILES string of the molecule is CCN(CC)C(=O)n1c(=O)[nH]c(=O)c2ncn(C3CC4CCC(C3)N4Cc3ncc[nH]3)c21. The summed E-state index contributed by atoms with van der Waals surface area (Å²) in [5.41, 5.74) is -0.875. The lowest BCUT2D eigenvalue weighted by atomic mass is 9.97. The highest BCUT2D eigenvalue weighted by Gasteiger charge is 2.42. The Morgan fingerprint density at radius 2 is 1.84 bits per heavy atom. The number of carbonyl (C=O) groups is 1. The minimum absolute atomic E-state index is 0.0577. The van der Waals surface area contributed by atoms with Crippen LogP contribution >= 0.6 is 0 Å². The van der Waals surface area contributed by atoms with Gasteiger partial charge < -0.3 is 14.5 Å². The molecule has 2 bridgehead atoms. The standard InChI is InChI=1S/C21H28N8O3/c1-3-26(4-2)21(32)29-19-17(18(30)25-20(29)31)24-12-28(19)15-9-13-5-6-14(10-15)27(13)11-16-22-7-8-23-16/h7-8,12-15H,3-6,9-11H2,1-2H3,(H,22,23)(H,25,30,31). The zero-order valence-corrected chi connectivity index (χ0v) is 18.3. The van der Waals surface area contributed by atoms with Gasteiger partial charge in [-0.2, -0.15) is 4.57 Å². The van der Waals surface area contributed by atoms with Crippen molar-refractivity contribution in [1.29, 1.82) is 0 Å². The molecule has 0 aromatic carbocycles. The number of piperidine rings is 1. The third-order valence-corrected chi connectivity index (χ3v) is 6.98. The number of imidazole rings is 2. The van der Waals surface area contributed by atoms with Gasteiger partial charge in [0.15, 0.2) is 11.2 Å². The molecule has 2 atom stereocenters. The summed E-state index contributed by atoms with van der Waals surface area (Å²) in [6, 6.07) is 0.368. The predicted octanol–water partition coefficient (Wildman–Crippen LogP) is 1.29. The molecule has 2 saturated heterocycles. The largest absolute Gasteiger partial charge is 0.348 e. The van der Waals surface area contributed by atoms with E-state index >= 15 is 0 Å². The maximum absolute atomic E-state index is 13.2. The van der Waals surface area contributed by atoms with Crippen LogP contribution in [0.2, 0.25) is 0 Å². The molecule has 2 unspecified atom stereocenters. The van der Waals surface area contributed by atoms with E-state index in [0.29, 0.717) is 30.8 Å². The van der Waals surface area contributed by atoms with E-state index in [2.05, 4.69) is 24.8 Å². The fourth-order valence-corrected chi connectivity index (χ4v) is 5.41. The number of hydrogen-bond donors (Lipinski definition) is 2. The third-order valence-electron chi connectivity index (χ3n) is 6.98. The number of fused-ring (bicyclic) bond motifs is 3. The van der Waals surface area contributed by atoms with Crippen molar-refractivity contribution in [2.45, 2.75) is 64.2 Å². The topological polar surface area (TPSA) is 125 Å². The van der Waals surface area contributed by atoms with Gasteiger partial charge in [-0.1, -0.05) is 0 Å². The molecule has 1 amide bonds. The molecule has 11 heteroatoms. The number of amides is 1. The van der Waals surface area contributed by atoms with Crippen LogP contribution in [-0.2, 0) is 6.54 Å². The zero-order valence-electron chi connectivity index (χ0n) is 18.3. The van der Waals surface area contributed by atoms with Gasteiger partial charge in [0.25, 0.3) is 5.56 Å². The van der Waals surface area contributed by atoms with Gasteiger partial charge in [-0.25, -0.2) is 19.6 Å². The molecular weight excluding hydrogens is 412 g/mol. The highest BCUT2D eigenvalue weighted by atomic mass is 16.2. The summed E-state index contributed by atoms with van der Waals surface area (Å²) >= 11 is 0. The summed E-state index contributed by atoms with van der Waals surface area (Å²) in [7, 11) is 0. The van der Waals surface area contributed by atoms with Crippen LogP contribution in [0.3, 0.4) is 0 Å². The lowest BCUT2D eigenvalue weighted by Crippen LogP contribution is -2.45. The van der Waals surface area contributed by atoms with Gasteiger partial charge in [-0.05, 0) is 39.5 Å². The van der Waals surface area contributed by atoms with Crippen molar-refractivity contribution in [3.63, 3.8) is 0 Å². The Morgan fingerprint density at radius 1 is 1.12 bits per heavy atom. The van der Waals surface area contributed by atoms with Gasteiger partial charge >= 0.3 is 11.7 Å². The molecule has 11 nitrogen and oxygen atoms in total. The molecule has 2 aliphatic rings. The monoisotopic (exact) mass is 440 g/mol. The summed E-state index contributed by atoms with van der Waals surface area (Å²) in [5.74, 6) is 0.957. The maximum atomic E-state index is 13.2. The molecule has 3 aromatic heterocycles. The average molecular weight is 441 g/mol. The first kappa shape index (κ1) is 20.7. The number of rotatable bonds is 5. The Balaban J connectivity index is 1.52. The minimum atomic E-state index is -0.723. The van der Waals surface area contributed by atoms with Crippen molar-refractivity contribution in [2.24, 2.45) is 0 Å². The normalized spacial score (nSPS) is 23.1. The first-order chi connectivity index (χ1) is 15.5. The van der Waals surface area contributed by atoms with E-state index < -0.39 is 17.3 Å². The first-order valence-electron chi connectivity index (χ1n) is 11.3. The van der Waals surface area contributed by atoms with E-state index in [0.717, 1.165) is 42.6 Å². The summed E-state index contributed by atoms with van der Waals surface area (Å²) < 4.78 is 2.96. The molecule has 0 spiro atoms. The van der Waals surface area contributed by atoms with E-state index in [-0.39, 0.29) is 11.6 Å².